The molecule has 0 spiro atoms. The third kappa shape index (κ3) is 6.32. The van der Waals surface area contributed by atoms with Gasteiger partial charge in [0, 0.05) is 44.5 Å². The van der Waals surface area contributed by atoms with Crippen molar-refractivity contribution in [2.24, 2.45) is 0 Å². The zero-order chi connectivity index (χ0) is 29.6. The Balaban J connectivity index is 1.70. The van der Waals surface area contributed by atoms with Gasteiger partial charge in [0.2, 0.25) is 0 Å². The number of nitro benzene ring substituents is 1. The molecule has 0 radical (unpaired) electrons. The van der Waals surface area contributed by atoms with Crippen LogP contribution in [0, 0.1) is 10.1 Å². The minimum atomic E-state index is -0.571. The molecule has 2 heterocycles. The van der Waals surface area contributed by atoms with E-state index in [0.717, 1.165) is 20.9 Å². The van der Waals surface area contributed by atoms with Gasteiger partial charge in [-0.1, -0.05) is 72.8 Å². The average molecular weight is 598 g/mol. The van der Waals surface area contributed by atoms with Crippen molar-refractivity contribution in [3.63, 3.8) is 0 Å². The van der Waals surface area contributed by atoms with Gasteiger partial charge >= 0.3 is 11.9 Å². The summed E-state index contributed by atoms with van der Waals surface area (Å²) in [6.45, 7) is 0. The number of hydrogen-bond donors (Lipinski definition) is 0. The van der Waals surface area contributed by atoms with Crippen molar-refractivity contribution in [2.75, 3.05) is 14.2 Å². The van der Waals surface area contributed by atoms with Gasteiger partial charge in [0.15, 0.2) is 0 Å². The number of nitrogens with zero attached hydrogens (tertiary/aromatic N) is 1. The van der Waals surface area contributed by atoms with Gasteiger partial charge < -0.3 is 9.47 Å². The van der Waals surface area contributed by atoms with E-state index < -0.39 is 22.8 Å². The molecular formula is C33H27NO6S2. The number of esters is 2. The molecule has 5 aromatic rings. The summed E-state index contributed by atoms with van der Waals surface area (Å²) in [6.07, 6.45) is 1.21. The van der Waals surface area contributed by atoms with Crippen molar-refractivity contribution in [3.8, 4) is 0 Å². The van der Waals surface area contributed by atoms with Crippen LogP contribution in [-0.2, 0) is 22.3 Å². The second kappa shape index (κ2) is 12.9. The SMILES string of the molecule is COC(=O)c1cc(Cc2ccccc2)sc1C(c1ccc([N+](=O)[O-])cc1)c1sc(Cc2ccccc2)cc1C(=O)OC. The Morgan fingerprint density at radius 3 is 1.52 bits per heavy atom. The summed E-state index contributed by atoms with van der Waals surface area (Å²) in [5.74, 6) is -1.56. The predicted molar refractivity (Wildman–Crippen MR) is 164 cm³/mol. The van der Waals surface area contributed by atoms with Crippen LogP contribution >= 0.6 is 22.7 Å². The Labute approximate surface area is 251 Å². The summed E-state index contributed by atoms with van der Waals surface area (Å²) in [6, 6.07) is 29.8. The van der Waals surface area contributed by atoms with E-state index in [1.165, 1.54) is 49.0 Å². The third-order valence-corrected chi connectivity index (χ3v) is 9.24. The Morgan fingerprint density at radius 2 is 1.14 bits per heavy atom. The first kappa shape index (κ1) is 28.9. The lowest BCUT2D eigenvalue weighted by atomic mass is 9.91. The minimum Gasteiger partial charge on any atom is -0.465 e. The Kier molecular flexibility index (Phi) is 8.90. The lowest BCUT2D eigenvalue weighted by molar-refractivity contribution is -0.384. The molecular weight excluding hydrogens is 570 g/mol. The molecule has 0 saturated carbocycles. The van der Waals surface area contributed by atoms with Gasteiger partial charge in [0.05, 0.1) is 36.2 Å². The fourth-order valence-electron chi connectivity index (χ4n) is 4.86. The first-order valence-electron chi connectivity index (χ1n) is 13.1. The van der Waals surface area contributed by atoms with E-state index in [4.69, 9.17) is 9.47 Å². The number of hydrogen-bond acceptors (Lipinski definition) is 8. The smallest absolute Gasteiger partial charge is 0.339 e. The summed E-state index contributed by atoms with van der Waals surface area (Å²) >= 11 is 2.93. The lowest BCUT2D eigenvalue weighted by Gasteiger charge is -2.18. The highest BCUT2D eigenvalue weighted by molar-refractivity contribution is 7.14. The summed E-state index contributed by atoms with van der Waals surface area (Å²) in [5, 5.41) is 11.4. The van der Waals surface area contributed by atoms with Crippen LogP contribution in [0.25, 0.3) is 0 Å². The first-order chi connectivity index (χ1) is 20.4. The number of rotatable bonds is 10. The van der Waals surface area contributed by atoms with Crippen molar-refractivity contribution >= 4 is 40.3 Å². The van der Waals surface area contributed by atoms with Crippen LogP contribution in [0.2, 0.25) is 0 Å². The molecule has 0 amide bonds. The topological polar surface area (TPSA) is 95.7 Å². The maximum Gasteiger partial charge on any atom is 0.339 e. The fourth-order valence-corrected chi connectivity index (χ4v) is 7.58. The molecule has 0 aliphatic rings. The zero-order valence-corrected chi connectivity index (χ0v) is 24.6. The molecule has 2 aromatic heterocycles. The molecule has 3 aromatic carbocycles. The number of thiophene rings is 2. The zero-order valence-electron chi connectivity index (χ0n) is 22.9. The van der Waals surface area contributed by atoms with Crippen LogP contribution in [0.1, 0.15) is 62.8 Å². The summed E-state index contributed by atoms with van der Waals surface area (Å²) in [7, 11) is 2.68. The molecule has 0 N–H and O–H groups in total. The van der Waals surface area contributed by atoms with Crippen molar-refractivity contribution in [1.82, 2.24) is 0 Å². The lowest BCUT2D eigenvalue weighted by Crippen LogP contribution is -2.11. The molecule has 7 nitrogen and oxygen atoms in total. The van der Waals surface area contributed by atoms with E-state index in [1.807, 2.05) is 72.8 Å². The van der Waals surface area contributed by atoms with Crippen LogP contribution < -0.4 is 0 Å². The van der Waals surface area contributed by atoms with Crippen molar-refractivity contribution < 1.29 is 24.0 Å². The average Bonchev–Trinajstić information content (AvgIpc) is 3.62. The summed E-state index contributed by atoms with van der Waals surface area (Å²) in [5.41, 5.74) is 3.62. The number of methoxy groups -OCH3 is 2. The number of ether oxygens (including phenoxy) is 2. The predicted octanol–water partition coefficient (Wildman–Crippen LogP) is 7.65. The van der Waals surface area contributed by atoms with Crippen LogP contribution in [0.4, 0.5) is 5.69 Å². The van der Waals surface area contributed by atoms with Crippen LogP contribution in [0.15, 0.2) is 97.1 Å². The van der Waals surface area contributed by atoms with E-state index in [2.05, 4.69) is 0 Å². The molecule has 0 unspecified atom stereocenters. The van der Waals surface area contributed by atoms with Gasteiger partial charge in [-0.2, -0.15) is 0 Å². The normalized spacial score (nSPS) is 10.9. The highest BCUT2D eigenvalue weighted by Crippen LogP contribution is 2.45. The van der Waals surface area contributed by atoms with Gasteiger partial charge in [-0.25, -0.2) is 9.59 Å². The van der Waals surface area contributed by atoms with Gasteiger partial charge in [-0.05, 0) is 28.8 Å². The van der Waals surface area contributed by atoms with E-state index in [-0.39, 0.29) is 5.69 Å². The van der Waals surface area contributed by atoms with Crippen molar-refractivity contribution in [2.45, 2.75) is 18.8 Å². The second-order valence-electron chi connectivity index (χ2n) is 9.57. The van der Waals surface area contributed by atoms with Gasteiger partial charge in [0.1, 0.15) is 0 Å². The Morgan fingerprint density at radius 1 is 0.714 bits per heavy atom. The molecule has 42 heavy (non-hydrogen) atoms. The second-order valence-corrected chi connectivity index (χ2v) is 11.9. The maximum absolute atomic E-state index is 13.1. The largest absolute Gasteiger partial charge is 0.465 e. The molecule has 5 rings (SSSR count). The van der Waals surface area contributed by atoms with Crippen LogP contribution in [0.5, 0.6) is 0 Å². The Hall–Kier alpha value is -4.60. The fraction of sp³-hybridized carbons (Fsp3) is 0.152. The number of benzene rings is 3. The highest BCUT2D eigenvalue weighted by Gasteiger charge is 2.32. The molecule has 0 fully saturated rings. The molecule has 0 aliphatic heterocycles. The Bertz CT molecular complexity index is 1610. The van der Waals surface area contributed by atoms with E-state index in [0.29, 0.717) is 39.3 Å². The highest BCUT2D eigenvalue weighted by atomic mass is 32.1. The molecule has 212 valence electrons. The molecule has 0 aliphatic carbocycles. The molecule has 0 atom stereocenters. The first-order valence-corrected chi connectivity index (χ1v) is 14.7. The molecule has 0 bridgehead atoms. The van der Waals surface area contributed by atoms with Gasteiger partial charge in [0.25, 0.3) is 5.69 Å². The van der Waals surface area contributed by atoms with E-state index >= 15 is 0 Å². The minimum absolute atomic E-state index is 0.0502. The van der Waals surface area contributed by atoms with Crippen LogP contribution in [-0.4, -0.2) is 31.1 Å². The maximum atomic E-state index is 13.1. The summed E-state index contributed by atoms with van der Waals surface area (Å²) in [4.78, 5) is 40.5. The van der Waals surface area contributed by atoms with Gasteiger partial charge in [-0.3, -0.25) is 10.1 Å². The van der Waals surface area contributed by atoms with E-state index in [1.54, 1.807) is 12.1 Å². The van der Waals surface area contributed by atoms with Gasteiger partial charge in [-0.15, -0.1) is 22.7 Å². The monoisotopic (exact) mass is 597 g/mol. The number of carbonyl (C=O) groups excluding carboxylic acids is 2. The van der Waals surface area contributed by atoms with Crippen molar-refractivity contribution in [1.29, 1.82) is 0 Å². The standard InChI is InChI=1S/C33H27NO6S2/c1-39-32(35)27-19-25(17-21-9-5-3-6-10-21)41-30(27)29(23-13-15-24(16-14-23)34(37)38)31-28(33(36)40-2)20-26(42-31)18-22-11-7-4-8-12-22/h3-16,19-20,29H,17-18H2,1-2H3. The van der Waals surface area contributed by atoms with Crippen molar-refractivity contribution in [3.05, 3.63) is 155 Å². The molecule has 0 saturated heterocycles. The van der Waals surface area contributed by atoms with E-state index in [9.17, 15) is 19.7 Å². The van der Waals surface area contributed by atoms with Crippen LogP contribution in [0.3, 0.4) is 0 Å². The quantitative estimate of drug-likeness (QED) is 0.0932. The number of non-ortho nitro benzene ring substituents is 1. The summed E-state index contributed by atoms with van der Waals surface area (Å²) < 4.78 is 10.4. The molecule has 9 heteroatoms. The third-order valence-electron chi connectivity index (χ3n) is 6.84. The number of nitro groups is 1. The number of carbonyl (C=O) groups is 2.